The fourth-order valence-electron chi connectivity index (χ4n) is 2.66. The maximum atomic E-state index is 12.9. The van der Waals surface area contributed by atoms with Crippen LogP contribution in [0, 0.1) is 6.92 Å². The number of para-hydroxylation sites is 2. The Morgan fingerprint density at radius 2 is 2.05 bits per heavy atom. The molecule has 1 N–H and O–H groups in total. The second kappa shape index (κ2) is 5.78. The Morgan fingerprint density at radius 1 is 1.24 bits per heavy atom. The number of rotatable bonds is 1. The molecule has 0 saturated heterocycles. The Balaban J connectivity index is 2.01. The van der Waals surface area contributed by atoms with Gasteiger partial charge >= 0.3 is 0 Å². The van der Waals surface area contributed by atoms with E-state index in [1.165, 1.54) is 0 Å². The molecular formula is C17H17ClN2O. The summed E-state index contributed by atoms with van der Waals surface area (Å²) in [5, 5.41) is 4.02. The van der Waals surface area contributed by atoms with Gasteiger partial charge in [0, 0.05) is 23.7 Å². The normalized spacial score (nSPS) is 14.1. The first-order chi connectivity index (χ1) is 10.2. The molecule has 0 radical (unpaired) electrons. The van der Waals surface area contributed by atoms with E-state index in [0.717, 1.165) is 29.9 Å². The van der Waals surface area contributed by atoms with Crippen LogP contribution in [-0.4, -0.2) is 19.0 Å². The molecule has 0 atom stereocenters. The monoisotopic (exact) mass is 300 g/mol. The van der Waals surface area contributed by atoms with Gasteiger partial charge in [-0.25, -0.2) is 0 Å². The largest absolute Gasteiger partial charge is 0.383 e. The highest BCUT2D eigenvalue weighted by molar-refractivity contribution is 6.30. The molecule has 108 valence electrons. The molecule has 1 aliphatic rings. The van der Waals surface area contributed by atoms with Crippen molar-refractivity contribution in [3.63, 3.8) is 0 Å². The number of fused-ring (bicyclic) bond motifs is 1. The van der Waals surface area contributed by atoms with E-state index in [4.69, 9.17) is 11.6 Å². The van der Waals surface area contributed by atoms with Crippen LogP contribution in [0.3, 0.4) is 0 Å². The van der Waals surface area contributed by atoms with Crippen molar-refractivity contribution in [3.05, 3.63) is 58.6 Å². The van der Waals surface area contributed by atoms with E-state index in [2.05, 4.69) is 5.32 Å². The number of carbonyl (C=O) groups excluding carboxylic acids is 1. The van der Waals surface area contributed by atoms with Gasteiger partial charge in [-0.15, -0.1) is 0 Å². The molecule has 0 bridgehead atoms. The van der Waals surface area contributed by atoms with Crippen LogP contribution in [0.2, 0.25) is 5.02 Å². The molecule has 21 heavy (non-hydrogen) atoms. The highest BCUT2D eigenvalue weighted by atomic mass is 35.5. The summed E-state index contributed by atoms with van der Waals surface area (Å²) in [6, 6.07) is 13.3. The first-order valence-electron chi connectivity index (χ1n) is 7.08. The molecule has 3 nitrogen and oxygen atoms in total. The third-order valence-corrected chi connectivity index (χ3v) is 3.97. The van der Waals surface area contributed by atoms with Crippen LogP contribution in [0.4, 0.5) is 11.4 Å². The molecule has 1 aliphatic heterocycles. The summed E-state index contributed by atoms with van der Waals surface area (Å²) in [5.41, 5.74) is 3.56. The molecular weight excluding hydrogens is 284 g/mol. The number of hydrogen-bond donors (Lipinski definition) is 1. The van der Waals surface area contributed by atoms with E-state index in [1.54, 1.807) is 12.1 Å². The summed E-state index contributed by atoms with van der Waals surface area (Å²) in [6.45, 7) is 3.51. The number of anilines is 2. The molecule has 0 spiro atoms. The quantitative estimate of drug-likeness (QED) is 0.859. The number of carbonyl (C=O) groups is 1. The summed E-state index contributed by atoms with van der Waals surface area (Å²) in [6.07, 6.45) is 0.924. The van der Waals surface area contributed by atoms with Gasteiger partial charge in [-0.05, 0) is 49.2 Å². The molecule has 0 fully saturated rings. The van der Waals surface area contributed by atoms with Gasteiger partial charge < -0.3 is 10.2 Å². The zero-order chi connectivity index (χ0) is 14.8. The number of aryl methyl sites for hydroxylation is 1. The van der Waals surface area contributed by atoms with Crippen molar-refractivity contribution < 1.29 is 4.79 Å². The lowest BCUT2D eigenvalue weighted by atomic mass is 10.1. The average molecular weight is 301 g/mol. The average Bonchev–Trinajstić information content (AvgIpc) is 2.69. The minimum absolute atomic E-state index is 0.0281. The Morgan fingerprint density at radius 3 is 2.86 bits per heavy atom. The van der Waals surface area contributed by atoms with E-state index >= 15 is 0 Å². The summed E-state index contributed by atoms with van der Waals surface area (Å²) in [5.74, 6) is 0.0281. The summed E-state index contributed by atoms with van der Waals surface area (Å²) >= 11 is 5.98. The topological polar surface area (TPSA) is 32.3 Å². The predicted molar refractivity (Wildman–Crippen MR) is 87.4 cm³/mol. The van der Waals surface area contributed by atoms with Crippen LogP contribution < -0.4 is 10.2 Å². The lowest BCUT2D eigenvalue weighted by Crippen LogP contribution is -2.32. The number of nitrogens with zero attached hydrogens (tertiary/aromatic N) is 1. The van der Waals surface area contributed by atoms with Gasteiger partial charge in [0.15, 0.2) is 0 Å². The van der Waals surface area contributed by atoms with Gasteiger partial charge in [0.25, 0.3) is 5.91 Å². The number of amides is 1. The van der Waals surface area contributed by atoms with E-state index in [0.29, 0.717) is 17.1 Å². The van der Waals surface area contributed by atoms with Gasteiger partial charge in [-0.1, -0.05) is 23.7 Å². The van der Waals surface area contributed by atoms with E-state index < -0.39 is 0 Å². The third kappa shape index (κ3) is 2.74. The standard InChI is InChI=1S/C17H17ClN2O/c1-12-11-13(18)7-8-14(12)17(21)20-10-4-9-19-15-5-2-3-6-16(15)20/h2-3,5-8,11,19H,4,9-10H2,1H3. The summed E-state index contributed by atoms with van der Waals surface area (Å²) in [4.78, 5) is 14.8. The van der Waals surface area contributed by atoms with Gasteiger partial charge in [-0.2, -0.15) is 0 Å². The molecule has 0 aliphatic carbocycles. The van der Waals surface area contributed by atoms with Gasteiger partial charge in [0.05, 0.1) is 11.4 Å². The zero-order valence-corrected chi connectivity index (χ0v) is 12.7. The molecule has 0 saturated carbocycles. The van der Waals surface area contributed by atoms with Crippen LogP contribution in [0.5, 0.6) is 0 Å². The highest BCUT2D eigenvalue weighted by Gasteiger charge is 2.23. The molecule has 3 rings (SSSR count). The van der Waals surface area contributed by atoms with Gasteiger partial charge in [-0.3, -0.25) is 4.79 Å². The van der Waals surface area contributed by atoms with Crippen LogP contribution in [-0.2, 0) is 0 Å². The maximum absolute atomic E-state index is 12.9. The minimum Gasteiger partial charge on any atom is -0.383 e. The van der Waals surface area contributed by atoms with Crippen molar-refractivity contribution in [2.45, 2.75) is 13.3 Å². The smallest absolute Gasteiger partial charge is 0.258 e. The summed E-state index contributed by atoms with van der Waals surface area (Å²) < 4.78 is 0. The molecule has 0 unspecified atom stereocenters. The van der Waals surface area contributed by atoms with Crippen molar-refractivity contribution >= 4 is 28.9 Å². The molecule has 1 heterocycles. The number of nitrogens with one attached hydrogen (secondary N) is 1. The first kappa shape index (κ1) is 14.0. The highest BCUT2D eigenvalue weighted by Crippen LogP contribution is 2.30. The second-order valence-electron chi connectivity index (χ2n) is 5.21. The fraction of sp³-hybridized carbons (Fsp3) is 0.235. The minimum atomic E-state index is 0.0281. The Kier molecular flexibility index (Phi) is 3.84. The van der Waals surface area contributed by atoms with Crippen molar-refractivity contribution in [3.8, 4) is 0 Å². The van der Waals surface area contributed by atoms with E-state index in [1.807, 2.05) is 42.2 Å². The molecule has 4 heteroatoms. The molecule has 1 amide bonds. The molecule has 0 aromatic heterocycles. The van der Waals surface area contributed by atoms with Crippen LogP contribution in [0.15, 0.2) is 42.5 Å². The van der Waals surface area contributed by atoms with Crippen LogP contribution in [0.1, 0.15) is 22.3 Å². The Labute approximate surface area is 129 Å². The zero-order valence-electron chi connectivity index (χ0n) is 11.9. The number of benzene rings is 2. The lowest BCUT2D eigenvalue weighted by Gasteiger charge is -2.23. The second-order valence-corrected chi connectivity index (χ2v) is 5.65. The lowest BCUT2D eigenvalue weighted by molar-refractivity contribution is 0.0986. The van der Waals surface area contributed by atoms with Crippen molar-refractivity contribution in [2.75, 3.05) is 23.3 Å². The number of halogens is 1. The van der Waals surface area contributed by atoms with Crippen molar-refractivity contribution in [2.24, 2.45) is 0 Å². The Hall–Kier alpha value is -2.00. The number of hydrogen-bond acceptors (Lipinski definition) is 2. The van der Waals surface area contributed by atoms with E-state index in [-0.39, 0.29) is 5.91 Å². The first-order valence-corrected chi connectivity index (χ1v) is 7.45. The predicted octanol–water partition coefficient (Wildman–Crippen LogP) is 4.11. The third-order valence-electron chi connectivity index (χ3n) is 3.73. The van der Waals surface area contributed by atoms with Crippen LogP contribution in [0.25, 0.3) is 0 Å². The fourth-order valence-corrected chi connectivity index (χ4v) is 2.89. The van der Waals surface area contributed by atoms with Gasteiger partial charge in [0.2, 0.25) is 0 Å². The Bertz CT molecular complexity index is 684. The van der Waals surface area contributed by atoms with Gasteiger partial charge in [0.1, 0.15) is 0 Å². The maximum Gasteiger partial charge on any atom is 0.258 e. The van der Waals surface area contributed by atoms with Crippen LogP contribution >= 0.6 is 11.6 Å². The van der Waals surface area contributed by atoms with Crippen molar-refractivity contribution in [1.29, 1.82) is 0 Å². The molecule has 2 aromatic carbocycles. The summed E-state index contributed by atoms with van der Waals surface area (Å²) in [7, 11) is 0. The molecule has 2 aromatic rings. The SMILES string of the molecule is Cc1cc(Cl)ccc1C(=O)N1CCCNc2ccccc21. The van der Waals surface area contributed by atoms with E-state index in [9.17, 15) is 4.79 Å². The van der Waals surface area contributed by atoms with Crippen molar-refractivity contribution in [1.82, 2.24) is 0 Å².